The van der Waals surface area contributed by atoms with Gasteiger partial charge >= 0.3 is 0 Å². The number of nitrogens with zero attached hydrogens (tertiary/aromatic N) is 1. The zero-order chi connectivity index (χ0) is 19.8. The normalized spacial score (nSPS) is 13.9. The van der Waals surface area contributed by atoms with E-state index in [4.69, 9.17) is 0 Å². The van der Waals surface area contributed by atoms with Gasteiger partial charge in [0.1, 0.15) is 5.82 Å². The predicted octanol–water partition coefficient (Wildman–Crippen LogP) is 2.49. The lowest BCUT2D eigenvalue weighted by molar-refractivity contribution is -0.118. The van der Waals surface area contributed by atoms with Crippen molar-refractivity contribution in [3.05, 3.63) is 47.8 Å². The minimum Gasteiger partial charge on any atom is -0.324 e. The standard InChI is InChI=1S/C18H18FN3O4S/c1-11(23)20-16-6-5-14(10-15(16)19)27(25,26)21-13-4-7-17-12(9-13)3-8-18(24)22(17)2/h4-7,9-10,21H,3,8H2,1-2H3,(H,20,23). The van der Waals surface area contributed by atoms with E-state index in [9.17, 15) is 22.4 Å². The maximum atomic E-state index is 14.0. The third kappa shape index (κ3) is 3.92. The third-order valence-electron chi connectivity index (χ3n) is 4.24. The molecule has 2 amide bonds. The van der Waals surface area contributed by atoms with Gasteiger partial charge in [-0.05, 0) is 48.4 Å². The number of carbonyl (C=O) groups excluding carboxylic acids is 2. The lowest BCUT2D eigenvalue weighted by Crippen LogP contribution is -2.31. The van der Waals surface area contributed by atoms with Gasteiger partial charge in [0, 0.05) is 31.8 Å². The monoisotopic (exact) mass is 391 g/mol. The zero-order valence-corrected chi connectivity index (χ0v) is 15.6. The van der Waals surface area contributed by atoms with Crippen LogP contribution in [0.5, 0.6) is 0 Å². The summed E-state index contributed by atoms with van der Waals surface area (Å²) in [6, 6.07) is 8.13. The first-order valence-electron chi connectivity index (χ1n) is 8.17. The number of sulfonamides is 1. The van der Waals surface area contributed by atoms with Crippen LogP contribution in [0.4, 0.5) is 21.5 Å². The summed E-state index contributed by atoms with van der Waals surface area (Å²) >= 11 is 0. The lowest BCUT2D eigenvalue weighted by Gasteiger charge is -2.26. The Labute approximate surface area is 156 Å². The molecule has 0 aromatic heterocycles. The van der Waals surface area contributed by atoms with E-state index < -0.39 is 21.7 Å². The quantitative estimate of drug-likeness (QED) is 0.837. The molecule has 1 heterocycles. The van der Waals surface area contributed by atoms with Gasteiger partial charge in [0.05, 0.1) is 10.6 Å². The lowest BCUT2D eigenvalue weighted by atomic mass is 10.0. The van der Waals surface area contributed by atoms with Crippen LogP contribution in [0, 0.1) is 5.82 Å². The molecule has 1 aliphatic heterocycles. The van der Waals surface area contributed by atoms with Crippen molar-refractivity contribution in [2.24, 2.45) is 0 Å². The first-order valence-corrected chi connectivity index (χ1v) is 9.65. The molecule has 0 radical (unpaired) electrons. The van der Waals surface area contributed by atoms with Crippen LogP contribution < -0.4 is 14.9 Å². The Morgan fingerprint density at radius 1 is 1.15 bits per heavy atom. The van der Waals surface area contributed by atoms with Crippen molar-refractivity contribution >= 4 is 38.9 Å². The maximum Gasteiger partial charge on any atom is 0.261 e. The van der Waals surface area contributed by atoms with E-state index >= 15 is 0 Å². The van der Waals surface area contributed by atoms with Crippen LogP contribution in [0.3, 0.4) is 0 Å². The third-order valence-corrected chi connectivity index (χ3v) is 5.62. The topological polar surface area (TPSA) is 95.6 Å². The van der Waals surface area contributed by atoms with Gasteiger partial charge in [-0.2, -0.15) is 0 Å². The van der Waals surface area contributed by atoms with Gasteiger partial charge < -0.3 is 10.2 Å². The Hall–Kier alpha value is -2.94. The fourth-order valence-electron chi connectivity index (χ4n) is 2.89. The fourth-order valence-corrected chi connectivity index (χ4v) is 3.95. The molecule has 0 bridgehead atoms. The second-order valence-electron chi connectivity index (χ2n) is 6.22. The summed E-state index contributed by atoms with van der Waals surface area (Å²) in [6.45, 7) is 1.23. The van der Waals surface area contributed by atoms with Crippen molar-refractivity contribution in [3.8, 4) is 0 Å². The number of carbonyl (C=O) groups is 2. The van der Waals surface area contributed by atoms with E-state index in [0.717, 1.165) is 17.3 Å². The number of hydrogen-bond donors (Lipinski definition) is 2. The van der Waals surface area contributed by atoms with E-state index in [2.05, 4.69) is 10.0 Å². The second-order valence-corrected chi connectivity index (χ2v) is 7.91. The molecular formula is C18H18FN3O4S. The minimum absolute atomic E-state index is 0.00515. The van der Waals surface area contributed by atoms with Gasteiger partial charge in [-0.3, -0.25) is 14.3 Å². The van der Waals surface area contributed by atoms with Crippen LogP contribution in [0.1, 0.15) is 18.9 Å². The first kappa shape index (κ1) is 18.8. The zero-order valence-electron chi connectivity index (χ0n) is 14.7. The molecule has 0 saturated heterocycles. The van der Waals surface area contributed by atoms with E-state index in [0.29, 0.717) is 18.5 Å². The van der Waals surface area contributed by atoms with Gasteiger partial charge in [-0.15, -0.1) is 0 Å². The average Bonchev–Trinajstić information content (AvgIpc) is 2.59. The molecule has 142 valence electrons. The Balaban J connectivity index is 1.86. The summed E-state index contributed by atoms with van der Waals surface area (Å²) < 4.78 is 41.5. The summed E-state index contributed by atoms with van der Waals surface area (Å²) in [5.41, 5.74) is 1.81. The number of amides is 2. The van der Waals surface area contributed by atoms with Crippen LogP contribution >= 0.6 is 0 Å². The second kappa shape index (κ2) is 6.99. The summed E-state index contributed by atoms with van der Waals surface area (Å²) in [7, 11) is -2.34. The number of rotatable bonds is 4. The van der Waals surface area contributed by atoms with Gasteiger partial charge in [-0.1, -0.05) is 0 Å². The molecule has 0 atom stereocenters. The molecule has 2 aromatic rings. The maximum absolute atomic E-state index is 14.0. The highest BCUT2D eigenvalue weighted by Gasteiger charge is 2.22. The number of benzene rings is 2. The SMILES string of the molecule is CC(=O)Nc1ccc(S(=O)(=O)Nc2ccc3c(c2)CCC(=O)N3C)cc1F. The summed E-state index contributed by atoms with van der Waals surface area (Å²) in [5, 5.41) is 2.28. The van der Waals surface area contributed by atoms with Crippen LogP contribution in [0.15, 0.2) is 41.3 Å². The van der Waals surface area contributed by atoms with Gasteiger partial charge in [0.15, 0.2) is 0 Å². The van der Waals surface area contributed by atoms with Gasteiger partial charge in [0.2, 0.25) is 11.8 Å². The number of aryl methyl sites for hydroxylation is 1. The van der Waals surface area contributed by atoms with Crippen molar-refractivity contribution in [1.82, 2.24) is 0 Å². The Morgan fingerprint density at radius 2 is 1.89 bits per heavy atom. The van der Waals surface area contributed by atoms with Gasteiger partial charge in [-0.25, -0.2) is 12.8 Å². The van der Waals surface area contributed by atoms with E-state index in [-0.39, 0.29) is 16.5 Å². The van der Waals surface area contributed by atoms with Crippen molar-refractivity contribution in [2.75, 3.05) is 22.0 Å². The minimum atomic E-state index is -4.02. The van der Waals surface area contributed by atoms with Crippen LogP contribution in [-0.2, 0) is 26.0 Å². The predicted molar refractivity (Wildman–Crippen MR) is 99.7 cm³/mol. The average molecular weight is 391 g/mol. The molecule has 7 nitrogen and oxygen atoms in total. The summed E-state index contributed by atoms with van der Waals surface area (Å²) in [4.78, 5) is 24.0. The molecule has 2 N–H and O–H groups in total. The smallest absolute Gasteiger partial charge is 0.261 e. The van der Waals surface area contributed by atoms with E-state index in [1.54, 1.807) is 25.2 Å². The van der Waals surface area contributed by atoms with Gasteiger partial charge in [0.25, 0.3) is 10.0 Å². The molecular weight excluding hydrogens is 373 g/mol. The number of halogens is 1. The highest BCUT2D eigenvalue weighted by molar-refractivity contribution is 7.92. The molecule has 2 aromatic carbocycles. The highest BCUT2D eigenvalue weighted by atomic mass is 32.2. The molecule has 0 saturated carbocycles. The summed E-state index contributed by atoms with van der Waals surface area (Å²) in [6.07, 6.45) is 0.879. The Kier molecular flexibility index (Phi) is 4.88. The first-order chi connectivity index (χ1) is 12.7. The van der Waals surface area contributed by atoms with Crippen LogP contribution in [0.2, 0.25) is 0 Å². The largest absolute Gasteiger partial charge is 0.324 e. The van der Waals surface area contributed by atoms with Crippen LogP contribution in [-0.4, -0.2) is 27.3 Å². The van der Waals surface area contributed by atoms with E-state index in [1.165, 1.54) is 24.0 Å². The number of nitrogens with one attached hydrogen (secondary N) is 2. The van der Waals surface area contributed by atoms with Crippen LogP contribution in [0.25, 0.3) is 0 Å². The fraction of sp³-hybridized carbons (Fsp3) is 0.222. The molecule has 3 rings (SSSR count). The molecule has 27 heavy (non-hydrogen) atoms. The van der Waals surface area contributed by atoms with E-state index in [1.807, 2.05) is 0 Å². The number of anilines is 3. The Bertz CT molecular complexity index is 1040. The molecule has 9 heteroatoms. The van der Waals surface area contributed by atoms with Crippen molar-refractivity contribution < 1.29 is 22.4 Å². The van der Waals surface area contributed by atoms with Crippen molar-refractivity contribution in [2.45, 2.75) is 24.7 Å². The molecule has 0 unspecified atom stereocenters. The number of hydrogen-bond acceptors (Lipinski definition) is 4. The number of fused-ring (bicyclic) bond motifs is 1. The molecule has 1 aliphatic rings. The molecule has 0 fully saturated rings. The van der Waals surface area contributed by atoms with Crippen molar-refractivity contribution in [3.63, 3.8) is 0 Å². The molecule has 0 spiro atoms. The highest BCUT2D eigenvalue weighted by Crippen LogP contribution is 2.30. The summed E-state index contributed by atoms with van der Waals surface area (Å²) in [5.74, 6) is -1.30. The van der Waals surface area contributed by atoms with Crippen molar-refractivity contribution in [1.29, 1.82) is 0 Å². The molecule has 0 aliphatic carbocycles. The Morgan fingerprint density at radius 3 is 2.56 bits per heavy atom.